The van der Waals surface area contributed by atoms with Gasteiger partial charge in [-0.05, 0) is 18.8 Å². The van der Waals surface area contributed by atoms with Crippen molar-refractivity contribution in [1.29, 1.82) is 0 Å². The van der Waals surface area contributed by atoms with Gasteiger partial charge in [-0.1, -0.05) is 5.10 Å². The van der Waals surface area contributed by atoms with Crippen LogP contribution in [0.25, 0.3) is 0 Å². The summed E-state index contributed by atoms with van der Waals surface area (Å²) in [6.45, 7) is 0.568. The summed E-state index contributed by atoms with van der Waals surface area (Å²) in [5, 5.41) is 10.9. The fraction of sp³-hybridized carbons (Fsp3) is 0.500. The van der Waals surface area contributed by atoms with E-state index in [4.69, 9.17) is 4.42 Å². The van der Waals surface area contributed by atoms with Crippen LogP contribution >= 0.6 is 0 Å². The highest BCUT2D eigenvalue weighted by molar-refractivity contribution is 5.17. The average molecular weight is 219 g/mol. The summed E-state index contributed by atoms with van der Waals surface area (Å²) in [7, 11) is 0. The lowest BCUT2D eigenvalue weighted by atomic mass is 10.3. The summed E-state index contributed by atoms with van der Waals surface area (Å²) in [4.78, 5) is 7.08. The van der Waals surface area contributed by atoms with Crippen LogP contribution in [0.2, 0.25) is 0 Å². The van der Waals surface area contributed by atoms with Crippen LogP contribution in [0.15, 0.2) is 16.8 Å². The van der Waals surface area contributed by atoms with Gasteiger partial charge in [0.05, 0.1) is 6.54 Å². The summed E-state index contributed by atoms with van der Waals surface area (Å²) in [6, 6.07) is 0.465. The lowest BCUT2D eigenvalue weighted by Crippen LogP contribution is -2.01. The van der Waals surface area contributed by atoms with Gasteiger partial charge in [0, 0.05) is 18.8 Å². The van der Waals surface area contributed by atoms with Gasteiger partial charge in [0.2, 0.25) is 5.89 Å². The highest BCUT2D eigenvalue weighted by Gasteiger charge is 2.24. The minimum Gasteiger partial charge on any atom is -0.408 e. The number of hydrogen-bond donors (Lipinski definition) is 2. The van der Waals surface area contributed by atoms with Crippen LogP contribution in [0.3, 0.4) is 0 Å². The van der Waals surface area contributed by atoms with Crippen molar-refractivity contribution in [3.8, 4) is 0 Å². The maximum atomic E-state index is 5.46. The van der Waals surface area contributed by atoms with E-state index in [-0.39, 0.29) is 0 Å². The summed E-state index contributed by atoms with van der Waals surface area (Å²) in [6.07, 6.45) is 6.98. The first kappa shape index (κ1) is 9.38. The molecule has 0 radical (unpaired) electrons. The van der Waals surface area contributed by atoms with E-state index in [9.17, 15) is 0 Å². The Bertz CT molecular complexity index is 445. The molecule has 0 amide bonds. The largest absolute Gasteiger partial charge is 0.408 e. The Morgan fingerprint density at radius 2 is 2.38 bits per heavy atom. The normalized spacial score (nSPS) is 15.2. The molecule has 0 aliphatic heterocycles. The van der Waals surface area contributed by atoms with Crippen LogP contribution in [0.4, 0.5) is 6.01 Å². The molecule has 2 aromatic rings. The molecule has 0 aromatic carbocycles. The lowest BCUT2D eigenvalue weighted by molar-refractivity contribution is 0.491. The Labute approximate surface area is 92.5 Å². The number of nitrogens with zero attached hydrogens (tertiary/aromatic N) is 3. The summed E-state index contributed by atoms with van der Waals surface area (Å²) in [5.74, 6) is 2.34. The molecule has 0 saturated heterocycles. The third kappa shape index (κ3) is 2.21. The highest BCUT2D eigenvalue weighted by Crippen LogP contribution is 2.32. The van der Waals surface area contributed by atoms with Crippen LogP contribution < -0.4 is 5.32 Å². The lowest BCUT2D eigenvalue weighted by Gasteiger charge is -1.96. The van der Waals surface area contributed by atoms with Crippen molar-refractivity contribution in [2.24, 2.45) is 5.92 Å². The molecule has 2 heterocycles. The smallest absolute Gasteiger partial charge is 0.315 e. The van der Waals surface area contributed by atoms with E-state index in [2.05, 4.69) is 25.5 Å². The Kier molecular flexibility index (Phi) is 2.32. The number of nitrogens with one attached hydrogen (secondary N) is 2. The van der Waals surface area contributed by atoms with Crippen molar-refractivity contribution in [1.82, 2.24) is 20.2 Å². The van der Waals surface area contributed by atoms with Crippen molar-refractivity contribution in [2.45, 2.75) is 25.8 Å². The number of aromatic nitrogens is 4. The first-order valence-electron chi connectivity index (χ1n) is 5.44. The molecule has 0 spiro atoms. The van der Waals surface area contributed by atoms with Gasteiger partial charge in [-0.3, -0.25) is 0 Å². The Morgan fingerprint density at radius 3 is 3.12 bits per heavy atom. The van der Waals surface area contributed by atoms with Gasteiger partial charge >= 0.3 is 6.01 Å². The Morgan fingerprint density at radius 1 is 1.44 bits per heavy atom. The quantitative estimate of drug-likeness (QED) is 0.793. The molecule has 1 aliphatic rings. The number of hydrogen-bond acceptors (Lipinski definition) is 5. The number of H-pyrrole nitrogens is 1. The van der Waals surface area contributed by atoms with E-state index in [1.54, 1.807) is 12.4 Å². The van der Waals surface area contributed by atoms with Crippen LogP contribution in [-0.4, -0.2) is 20.2 Å². The summed E-state index contributed by atoms with van der Waals surface area (Å²) >= 11 is 0. The molecular formula is C10H13N5O. The third-order valence-electron chi connectivity index (χ3n) is 2.59. The molecule has 16 heavy (non-hydrogen) atoms. The molecular weight excluding hydrogens is 206 g/mol. The molecule has 2 aromatic heterocycles. The SMILES string of the molecule is c1c[nH]c(CNc2nnc(CC3CC3)o2)n1. The first-order valence-corrected chi connectivity index (χ1v) is 5.44. The second-order valence-electron chi connectivity index (χ2n) is 4.04. The number of imidazole rings is 1. The fourth-order valence-electron chi connectivity index (χ4n) is 1.53. The standard InChI is InChI=1S/C10H13N5O/c1-2-7(1)5-9-14-15-10(16-9)13-6-8-11-3-4-12-8/h3-4,7H,1-2,5-6H2,(H,11,12)(H,13,15). The summed E-state index contributed by atoms with van der Waals surface area (Å²) in [5.41, 5.74) is 0. The van der Waals surface area contributed by atoms with Crippen molar-refractivity contribution < 1.29 is 4.42 Å². The molecule has 84 valence electrons. The Hall–Kier alpha value is -1.85. The van der Waals surface area contributed by atoms with E-state index < -0.39 is 0 Å². The van der Waals surface area contributed by atoms with E-state index in [0.717, 1.165) is 24.1 Å². The van der Waals surface area contributed by atoms with Gasteiger partial charge < -0.3 is 14.7 Å². The minimum absolute atomic E-state index is 0.465. The van der Waals surface area contributed by atoms with Gasteiger partial charge in [-0.2, -0.15) is 0 Å². The monoisotopic (exact) mass is 219 g/mol. The second kappa shape index (κ2) is 3.96. The van der Waals surface area contributed by atoms with Crippen molar-refractivity contribution in [3.05, 3.63) is 24.1 Å². The molecule has 0 atom stereocenters. The number of anilines is 1. The zero-order chi connectivity index (χ0) is 10.8. The molecule has 3 rings (SSSR count). The van der Waals surface area contributed by atoms with Crippen LogP contribution in [0.5, 0.6) is 0 Å². The minimum atomic E-state index is 0.465. The summed E-state index contributed by atoms with van der Waals surface area (Å²) < 4.78 is 5.46. The second-order valence-corrected chi connectivity index (χ2v) is 4.04. The van der Waals surface area contributed by atoms with Crippen molar-refractivity contribution >= 4 is 6.01 Å². The molecule has 1 fully saturated rings. The van der Waals surface area contributed by atoms with E-state index >= 15 is 0 Å². The molecule has 0 unspecified atom stereocenters. The van der Waals surface area contributed by atoms with Crippen LogP contribution in [0, 0.1) is 5.92 Å². The van der Waals surface area contributed by atoms with Crippen molar-refractivity contribution in [2.75, 3.05) is 5.32 Å². The average Bonchev–Trinajstić information content (AvgIpc) is 2.81. The Balaban J connectivity index is 1.55. The molecule has 1 aliphatic carbocycles. The van der Waals surface area contributed by atoms with Gasteiger partial charge in [0.15, 0.2) is 0 Å². The molecule has 6 nitrogen and oxygen atoms in total. The van der Waals surface area contributed by atoms with Gasteiger partial charge in [-0.15, -0.1) is 5.10 Å². The van der Waals surface area contributed by atoms with Gasteiger partial charge in [0.1, 0.15) is 5.82 Å². The van der Waals surface area contributed by atoms with Crippen LogP contribution in [-0.2, 0) is 13.0 Å². The van der Waals surface area contributed by atoms with Crippen molar-refractivity contribution in [3.63, 3.8) is 0 Å². The van der Waals surface area contributed by atoms with E-state index in [0.29, 0.717) is 12.6 Å². The number of rotatable bonds is 5. The predicted molar refractivity (Wildman–Crippen MR) is 56.6 cm³/mol. The maximum Gasteiger partial charge on any atom is 0.315 e. The molecule has 1 saturated carbocycles. The third-order valence-corrected chi connectivity index (χ3v) is 2.59. The maximum absolute atomic E-state index is 5.46. The topological polar surface area (TPSA) is 79.6 Å². The molecule has 6 heteroatoms. The van der Waals surface area contributed by atoms with Crippen LogP contribution in [0.1, 0.15) is 24.6 Å². The molecule has 0 bridgehead atoms. The van der Waals surface area contributed by atoms with E-state index in [1.807, 2.05) is 0 Å². The predicted octanol–water partition coefficient (Wildman–Crippen LogP) is 1.36. The van der Waals surface area contributed by atoms with E-state index in [1.165, 1.54) is 12.8 Å². The highest BCUT2D eigenvalue weighted by atomic mass is 16.4. The van der Waals surface area contributed by atoms with Gasteiger partial charge in [0.25, 0.3) is 0 Å². The molecule has 2 N–H and O–H groups in total. The van der Waals surface area contributed by atoms with Gasteiger partial charge in [-0.25, -0.2) is 4.98 Å². The zero-order valence-corrected chi connectivity index (χ0v) is 8.81. The number of aromatic amines is 1. The fourth-order valence-corrected chi connectivity index (χ4v) is 1.53. The first-order chi connectivity index (χ1) is 7.90. The zero-order valence-electron chi connectivity index (χ0n) is 8.81.